The molecule has 3 heterocycles. The van der Waals surface area contributed by atoms with E-state index in [0.717, 1.165) is 39.5 Å². The minimum absolute atomic E-state index is 0.0909. The van der Waals surface area contributed by atoms with Crippen molar-refractivity contribution >= 4 is 22.6 Å². The van der Waals surface area contributed by atoms with Crippen molar-refractivity contribution in [3.05, 3.63) is 42.1 Å². The Kier molecular flexibility index (Phi) is 2.94. The van der Waals surface area contributed by atoms with Gasteiger partial charge in [-0.1, -0.05) is 6.08 Å². The Hall–Kier alpha value is -2.89. The van der Waals surface area contributed by atoms with Gasteiger partial charge in [0.1, 0.15) is 5.69 Å². The first-order valence-corrected chi connectivity index (χ1v) is 7.91. The summed E-state index contributed by atoms with van der Waals surface area (Å²) in [4.78, 5) is 22.4. The molecule has 6 heteroatoms. The molecule has 0 aliphatic carbocycles. The number of hydrogen-bond donors (Lipinski definition) is 2. The first-order chi connectivity index (χ1) is 11.4. The van der Waals surface area contributed by atoms with E-state index in [1.54, 1.807) is 11.0 Å². The van der Waals surface area contributed by atoms with E-state index in [1.165, 1.54) is 0 Å². The number of aryl methyl sites for hydroxylation is 1. The fraction of sp³-hybridized carbons (Fsp3) is 0.278. The molecule has 1 aromatic carbocycles. The molecule has 1 aliphatic rings. The van der Waals surface area contributed by atoms with Gasteiger partial charge in [0, 0.05) is 12.2 Å². The summed E-state index contributed by atoms with van der Waals surface area (Å²) in [7, 11) is 0. The Morgan fingerprint density at radius 1 is 1.33 bits per heavy atom. The van der Waals surface area contributed by atoms with Gasteiger partial charge in [0.25, 0.3) is 0 Å². The van der Waals surface area contributed by atoms with Crippen LogP contribution in [-0.4, -0.2) is 32.6 Å². The molecule has 1 aliphatic heterocycles. The lowest BCUT2D eigenvalue weighted by atomic mass is 9.86. The lowest BCUT2D eigenvalue weighted by Gasteiger charge is -2.18. The number of amides is 1. The summed E-state index contributed by atoms with van der Waals surface area (Å²) in [6.45, 7) is 10.1. The number of fused-ring (bicyclic) bond motifs is 2. The molecule has 122 valence electrons. The summed E-state index contributed by atoms with van der Waals surface area (Å²) in [6, 6.07) is 5.95. The molecular weight excluding hydrogens is 302 g/mol. The third-order valence-corrected chi connectivity index (χ3v) is 4.60. The predicted octanol–water partition coefficient (Wildman–Crippen LogP) is 3.07. The summed E-state index contributed by atoms with van der Waals surface area (Å²) >= 11 is 0. The highest BCUT2D eigenvalue weighted by atomic mass is 16.2. The molecule has 2 aromatic heterocycles. The van der Waals surface area contributed by atoms with Crippen LogP contribution >= 0.6 is 0 Å². The zero-order valence-electron chi connectivity index (χ0n) is 14.0. The maximum absolute atomic E-state index is 12.7. The quantitative estimate of drug-likeness (QED) is 0.728. The summed E-state index contributed by atoms with van der Waals surface area (Å²) in [5.74, 6) is 0.811. The number of hydrogen-bond acceptors (Lipinski definition) is 3. The number of H-pyrrole nitrogens is 2. The average Bonchev–Trinajstić information content (AvgIpc) is 3.19. The molecule has 0 saturated heterocycles. The Bertz CT molecular complexity index is 979. The Morgan fingerprint density at radius 2 is 2.12 bits per heavy atom. The summed E-state index contributed by atoms with van der Waals surface area (Å²) in [5, 5.41) is 7.17. The van der Waals surface area contributed by atoms with Crippen molar-refractivity contribution in [3.63, 3.8) is 0 Å². The van der Waals surface area contributed by atoms with Crippen LogP contribution in [0.2, 0.25) is 0 Å². The van der Waals surface area contributed by atoms with Gasteiger partial charge >= 0.3 is 0 Å². The second kappa shape index (κ2) is 4.80. The molecule has 0 fully saturated rings. The zero-order valence-corrected chi connectivity index (χ0v) is 14.0. The number of anilines is 1. The average molecular weight is 321 g/mol. The number of nitrogens with zero attached hydrogens (tertiary/aromatic N) is 3. The highest BCUT2D eigenvalue weighted by molar-refractivity contribution is 6.09. The summed E-state index contributed by atoms with van der Waals surface area (Å²) < 4.78 is 0. The van der Waals surface area contributed by atoms with Crippen molar-refractivity contribution in [2.45, 2.75) is 26.2 Å². The van der Waals surface area contributed by atoms with Crippen LogP contribution in [0.25, 0.3) is 22.6 Å². The van der Waals surface area contributed by atoms with Crippen LogP contribution in [-0.2, 0) is 10.2 Å². The molecule has 0 atom stereocenters. The Morgan fingerprint density at radius 3 is 2.79 bits per heavy atom. The van der Waals surface area contributed by atoms with Crippen LogP contribution in [0, 0.1) is 6.92 Å². The molecule has 0 radical (unpaired) electrons. The molecule has 2 N–H and O–H groups in total. The lowest BCUT2D eigenvalue weighted by molar-refractivity contribution is -0.121. The lowest BCUT2D eigenvalue weighted by Crippen LogP contribution is -2.36. The Labute approximate surface area is 139 Å². The second-order valence-corrected chi connectivity index (χ2v) is 6.74. The highest BCUT2D eigenvalue weighted by Crippen LogP contribution is 2.43. The SMILES string of the molecule is C=CCN1C(=O)C(C)(C)c2cc3[nH]c(-c4cc(C)[nH]n4)nc3cc21. The van der Waals surface area contributed by atoms with E-state index in [2.05, 4.69) is 26.7 Å². The van der Waals surface area contributed by atoms with Gasteiger partial charge in [0.15, 0.2) is 5.82 Å². The van der Waals surface area contributed by atoms with Crippen molar-refractivity contribution in [3.8, 4) is 11.5 Å². The number of aromatic nitrogens is 4. The molecule has 24 heavy (non-hydrogen) atoms. The van der Waals surface area contributed by atoms with Gasteiger partial charge in [-0.3, -0.25) is 9.89 Å². The second-order valence-electron chi connectivity index (χ2n) is 6.74. The van der Waals surface area contributed by atoms with Crippen molar-refractivity contribution in [2.75, 3.05) is 11.4 Å². The minimum atomic E-state index is -0.555. The van der Waals surface area contributed by atoms with Crippen LogP contribution in [0.4, 0.5) is 5.69 Å². The highest BCUT2D eigenvalue weighted by Gasteiger charge is 2.43. The molecule has 3 aromatic rings. The van der Waals surface area contributed by atoms with E-state index in [-0.39, 0.29) is 5.91 Å². The number of benzene rings is 1. The van der Waals surface area contributed by atoms with E-state index in [9.17, 15) is 4.79 Å². The normalized spacial score (nSPS) is 16.0. The van der Waals surface area contributed by atoms with Gasteiger partial charge in [-0.25, -0.2) is 4.98 Å². The third kappa shape index (κ3) is 1.92. The predicted molar refractivity (Wildman–Crippen MR) is 94.0 cm³/mol. The van der Waals surface area contributed by atoms with E-state index < -0.39 is 5.41 Å². The van der Waals surface area contributed by atoms with Crippen LogP contribution in [0.1, 0.15) is 25.1 Å². The number of carbonyl (C=O) groups excluding carboxylic acids is 1. The standard InChI is InChI=1S/C18H19N5O/c1-5-6-23-15-9-13-12(8-11(15)18(3,4)17(23)24)19-16(20-13)14-7-10(2)21-22-14/h5,7-9H,1,6H2,2-4H3,(H,19,20)(H,21,22). The van der Waals surface area contributed by atoms with Crippen molar-refractivity contribution in [2.24, 2.45) is 0 Å². The van der Waals surface area contributed by atoms with E-state index >= 15 is 0 Å². The van der Waals surface area contributed by atoms with Crippen LogP contribution in [0.15, 0.2) is 30.9 Å². The van der Waals surface area contributed by atoms with Gasteiger partial charge in [0.2, 0.25) is 5.91 Å². The largest absolute Gasteiger partial charge is 0.337 e. The van der Waals surface area contributed by atoms with Crippen LogP contribution in [0.5, 0.6) is 0 Å². The number of aromatic amines is 2. The van der Waals surface area contributed by atoms with Crippen LogP contribution in [0.3, 0.4) is 0 Å². The van der Waals surface area contributed by atoms with Gasteiger partial charge in [-0.05, 0) is 44.5 Å². The van der Waals surface area contributed by atoms with Gasteiger partial charge in [-0.2, -0.15) is 5.10 Å². The molecule has 0 saturated carbocycles. The number of imidazole rings is 1. The maximum atomic E-state index is 12.7. The van der Waals surface area contributed by atoms with Crippen molar-refractivity contribution in [1.82, 2.24) is 20.2 Å². The maximum Gasteiger partial charge on any atom is 0.237 e. The minimum Gasteiger partial charge on any atom is -0.337 e. The molecule has 4 rings (SSSR count). The topological polar surface area (TPSA) is 77.7 Å². The van der Waals surface area contributed by atoms with Gasteiger partial charge in [0.05, 0.1) is 22.1 Å². The number of rotatable bonds is 3. The van der Waals surface area contributed by atoms with Crippen LogP contribution < -0.4 is 4.90 Å². The fourth-order valence-corrected chi connectivity index (χ4v) is 3.30. The molecule has 1 amide bonds. The van der Waals surface area contributed by atoms with E-state index in [1.807, 2.05) is 39.0 Å². The summed E-state index contributed by atoms with van der Waals surface area (Å²) in [6.07, 6.45) is 1.75. The van der Waals surface area contributed by atoms with E-state index in [4.69, 9.17) is 0 Å². The molecule has 0 spiro atoms. The molecule has 0 bridgehead atoms. The number of nitrogens with one attached hydrogen (secondary N) is 2. The summed E-state index contributed by atoms with van der Waals surface area (Å²) in [5.41, 5.74) is 4.86. The first kappa shape index (κ1) is 14.7. The molecule has 6 nitrogen and oxygen atoms in total. The zero-order chi connectivity index (χ0) is 17.1. The first-order valence-electron chi connectivity index (χ1n) is 7.91. The molecule has 0 unspecified atom stereocenters. The van der Waals surface area contributed by atoms with Crippen molar-refractivity contribution < 1.29 is 4.79 Å². The van der Waals surface area contributed by atoms with E-state index in [0.29, 0.717) is 6.54 Å². The van der Waals surface area contributed by atoms with Gasteiger partial charge in [-0.15, -0.1) is 6.58 Å². The third-order valence-electron chi connectivity index (χ3n) is 4.60. The fourth-order valence-electron chi connectivity index (χ4n) is 3.30. The van der Waals surface area contributed by atoms with Gasteiger partial charge < -0.3 is 9.88 Å². The number of carbonyl (C=O) groups is 1. The Balaban J connectivity index is 1.90. The monoisotopic (exact) mass is 321 g/mol. The smallest absolute Gasteiger partial charge is 0.237 e. The molecular formula is C18H19N5O. The van der Waals surface area contributed by atoms with Crippen molar-refractivity contribution in [1.29, 1.82) is 0 Å².